The molecule has 3 aromatic rings. The van der Waals surface area contributed by atoms with Gasteiger partial charge in [-0.15, -0.1) is 0 Å². The number of rotatable bonds is 7. The number of carbonyl (C=O) groups is 1. The number of aromatic nitrogens is 2. The SMILES string of the molecule is CC(NC(=O)CSc1nc(Cl)cc(N2CCN(c3ccccc3F)CC2)n1)c1ccccc1. The first kappa shape index (κ1) is 23.3. The second kappa shape index (κ2) is 10.9. The van der Waals surface area contributed by atoms with E-state index in [9.17, 15) is 9.18 Å². The van der Waals surface area contributed by atoms with Crippen LogP contribution >= 0.6 is 23.4 Å². The fourth-order valence-electron chi connectivity index (χ4n) is 3.73. The van der Waals surface area contributed by atoms with Crippen molar-refractivity contribution in [2.45, 2.75) is 18.1 Å². The summed E-state index contributed by atoms with van der Waals surface area (Å²) in [5, 5.41) is 3.77. The summed E-state index contributed by atoms with van der Waals surface area (Å²) in [6, 6.07) is 18.3. The minimum atomic E-state index is -0.213. The van der Waals surface area contributed by atoms with Crippen LogP contribution in [0, 0.1) is 5.82 Å². The molecule has 0 aliphatic carbocycles. The molecule has 1 N–H and O–H groups in total. The molecule has 0 saturated carbocycles. The third kappa shape index (κ3) is 6.15. The molecule has 1 atom stereocenters. The average Bonchev–Trinajstić information content (AvgIpc) is 2.83. The van der Waals surface area contributed by atoms with Crippen LogP contribution in [0.3, 0.4) is 0 Å². The molecule has 4 rings (SSSR count). The van der Waals surface area contributed by atoms with Crippen molar-refractivity contribution in [1.29, 1.82) is 0 Å². The molecule has 0 bridgehead atoms. The number of nitrogens with zero attached hydrogens (tertiary/aromatic N) is 4. The summed E-state index contributed by atoms with van der Waals surface area (Å²) >= 11 is 7.49. The highest BCUT2D eigenvalue weighted by atomic mass is 35.5. The van der Waals surface area contributed by atoms with Gasteiger partial charge < -0.3 is 15.1 Å². The van der Waals surface area contributed by atoms with Gasteiger partial charge in [-0.3, -0.25) is 4.79 Å². The molecule has 1 unspecified atom stereocenters. The van der Waals surface area contributed by atoms with Crippen molar-refractivity contribution in [2.24, 2.45) is 0 Å². The number of amides is 1. The molecule has 9 heteroatoms. The molecule has 172 valence electrons. The highest BCUT2D eigenvalue weighted by molar-refractivity contribution is 7.99. The zero-order chi connectivity index (χ0) is 23.2. The summed E-state index contributed by atoms with van der Waals surface area (Å²) in [6.45, 7) is 4.66. The van der Waals surface area contributed by atoms with Crippen molar-refractivity contribution >= 4 is 40.8 Å². The lowest BCUT2D eigenvalue weighted by Gasteiger charge is -2.36. The maximum atomic E-state index is 14.1. The van der Waals surface area contributed by atoms with E-state index in [2.05, 4.69) is 20.2 Å². The van der Waals surface area contributed by atoms with Crippen LogP contribution < -0.4 is 15.1 Å². The number of anilines is 2. The van der Waals surface area contributed by atoms with Crippen LogP contribution in [0.2, 0.25) is 5.15 Å². The van der Waals surface area contributed by atoms with Gasteiger partial charge in [0, 0.05) is 32.2 Å². The molecule has 0 radical (unpaired) electrons. The Hall–Kier alpha value is -2.84. The number of hydrogen-bond donors (Lipinski definition) is 1. The molecule has 2 aromatic carbocycles. The maximum Gasteiger partial charge on any atom is 0.230 e. The largest absolute Gasteiger partial charge is 0.366 e. The first-order chi connectivity index (χ1) is 16.0. The molecular formula is C24H25ClFN5OS. The summed E-state index contributed by atoms with van der Waals surface area (Å²) in [6.07, 6.45) is 0. The van der Waals surface area contributed by atoms with E-state index in [4.69, 9.17) is 11.6 Å². The van der Waals surface area contributed by atoms with Crippen LogP contribution in [0.5, 0.6) is 0 Å². The number of thioether (sulfide) groups is 1. The van der Waals surface area contributed by atoms with Gasteiger partial charge in [0.05, 0.1) is 17.5 Å². The molecule has 1 amide bonds. The van der Waals surface area contributed by atoms with Crippen molar-refractivity contribution in [3.8, 4) is 0 Å². The predicted molar refractivity (Wildman–Crippen MR) is 132 cm³/mol. The number of piperazine rings is 1. The summed E-state index contributed by atoms with van der Waals surface area (Å²) < 4.78 is 14.1. The van der Waals surface area contributed by atoms with Gasteiger partial charge in [0.2, 0.25) is 5.91 Å². The Morgan fingerprint density at radius 2 is 1.73 bits per heavy atom. The van der Waals surface area contributed by atoms with Gasteiger partial charge in [0.1, 0.15) is 16.8 Å². The smallest absolute Gasteiger partial charge is 0.230 e. The van der Waals surface area contributed by atoms with E-state index in [1.54, 1.807) is 18.2 Å². The minimum absolute atomic E-state index is 0.0825. The lowest BCUT2D eigenvalue weighted by molar-refractivity contribution is -0.119. The molecule has 0 spiro atoms. The summed E-state index contributed by atoms with van der Waals surface area (Å²) in [5.74, 6) is 0.594. The molecule has 33 heavy (non-hydrogen) atoms. The Balaban J connectivity index is 1.33. The summed E-state index contributed by atoms with van der Waals surface area (Å²) in [7, 11) is 0. The standard InChI is InChI=1S/C24H25ClFN5OS/c1-17(18-7-3-2-4-8-18)27-23(32)16-33-24-28-21(25)15-22(29-24)31-13-11-30(12-14-31)20-10-6-5-9-19(20)26/h2-10,15,17H,11-14,16H2,1H3,(H,27,32). The predicted octanol–water partition coefficient (Wildman–Crippen LogP) is 4.57. The van der Waals surface area contributed by atoms with E-state index in [1.165, 1.54) is 17.8 Å². The van der Waals surface area contributed by atoms with Crippen LogP contribution in [0.4, 0.5) is 15.9 Å². The second-order valence-corrected chi connectivity index (χ2v) is 9.08. The van der Waals surface area contributed by atoms with E-state index >= 15 is 0 Å². The van der Waals surface area contributed by atoms with Gasteiger partial charge in [0.25, 0.3) is 0 Å². The zero-order valence-electron chi connectivity index (χ0n) is 18.2. The van der Waals surface area contributed by atoms with Gasteiger partial charge in [0.15, 0.2) is 5.16 Å². The Kier molecular flexibility index (Phi) is 7.67. The highest BCUT2D eigenvalue weighted by Crippen LogP contribution is 2.25. The van der Waals surface area contributed by atoms with E-state index in [-0.39, 0.29) is 23.5 Å². The van der Waals surface area contributed by atoms with Crippen molar-refractivity contribution in [1.82, 2.24) is 15.3 Å². The van der Waals surface area contributed by atoms with Gasteiger partial charge in [-0.1, -0.05) is 65.8 Å². The van der Waals surface area contributed by atoms with Crippen LogP contribution in [-0.4, -0.2) is 47.8 Å². The first-order valence-corrected chi connectivity index (χ1v) is 12.1. The van der Waals surface area contributed by atoms with Crippen LogP contribution in [0.15, 0.2) is 65.8 Å². The maximum absolute atomic E-state index is 14.1. The van der Waals surface area contributed by atoms with Crippen LogP contribution in [0.1, 0.15) is 18.5 Å². The number of nitrogens with one attached hydrogen (secondary N) is 1. The monoisotopic (exact) mass is 485 g/mol. The topological polar surface area (TPSA) is 61.4 Å². The highest BCUT2D eigenvalue weighted by Gasteiger charge is 2.21. The van der Waals surface area contributed by atoms with Crippen molar-refractivity contribution in [2.75, 3.05) is 41.7 Å². The molecule has 1 aromatic heterocycles. The number of carbonyl (C=O) groups excluding carboxylic acids is 1. The molecule has 6 nitrogen and oxygen atoms in total. The number of para-hydroxylation sites is 1. The van der Waals surface area contributed by atoms with Crippen molar-refractivity contribution in [3.63, 3.8) is 0 Å². The fraction of sp³-hybridized carbons (Fsp3) is 0.292. The molecular weight excluding hydrogens is 461 g/mol. The summed E-state index contributed by atoms with van der Waals surface area (Å²) in [4.78, 5) is 25.4. The third-order valence-electron chi connectivity index (χ3n) is 5.47. The van der Waals surface area contributed by atoms with Crippen molar-refractivity contribution in [3.05, 3.63) is 77.2 Å². The van der Waals surface area contributed by atoms with E-state index < -0.39 is 0 Å². The average molecular weight is 486 g/mol. The summed E-state index contributed by atoms with van der Waals surface area (Å²) in [5.41, 5.74) is 1.66. The van der Waals surface area contributed by atoms with E-state index in [1.807, 2.05) is 48.2 Å². The fourth-order valence-corrected chi connectivity index (χ4v) is 4.63. The Morgan fingerprint density at radius 3 is 2.45 bits per heavy atom. The van der Waals surface area contributed by atoms with E-state index in [0.29, 0.717) is 48.0 Å². The van der Waals surface area contributed by atoms with Crippen LogP contribution in [-0.2, 0) is 4.79 Å². The third-order valence-corrected chi connectivity index (χ3v) is 6.51. The van der Waals surface area contributed by atoms with Crippen molar-refractivity contribution < 1.29 is 9.18 Å². The second-order valence-electron chi connectivity index (χ2n) is 7.75. The normalized spacial score (nSPS) is 14.8. The molecule has 1 fully saturated rings. The first-order valence-electron chi connectivity index (χ1n) is 10.8. The molecule has 2 heterocycles. The van der Waals surface area contributed by atoms with E-state index in [0.717, 1.165) is 5.56 Å². The Bertz CT molecular complexity index is 1100. The number of halogens is 2. The van der Waals surface area contributed by atoms with Gasteiger partial charge in [-0.2, -0.15) is 0 Å². The van der Waals surface area contributed by atoms with Gasteiger partial charge in [-0.25, -0.2) is 14.4 Å². The quantitative estimate of drug-likeness (QED) is 0.300. The lowest BCUT2D eigenvalue weighted by atomic mass is 10.1. The van der Waals surface area contributed by atoms with Gasteiger partial charge in [-0.05, 0) is 24.6 Å². The van der Waals surface area contributed by atoms with Gasteiger partial charge >= 0.3 is 0 Å². The number of benzene rings is 2. The Labute approximate surface area is 202 Å². The van der Waals surface area contributed by atoms with Crippen LogP contribution in [0.25, 0.3) is 0 Å². The zero-order valence-corrected chi connectivity index (χ0v) is 19.8. The number of hydrogen-bond acceptors (Lipinski definition) is 6. The lowest BCUT2D eigenvalue weighted by Crippen LogP contribution is -2.47. The Morgan fingerprint density at radius 1 is 1.06 bits per heavy atom. The molecule has 1 aliphatic heterocycles. The molecule has 1 aliphatic rings. The molecule has 1 saturated heterocycles. The minimum Gasteiger partial charge on any atom is -0.366 e.